The highest BCUT2D eigenvalue weighted by atomic mass is 32.2. The van der Waals surface area contributed by atoms with Gasteiger partial charge in [-0.3, -0.25) is 14.6 Å². The maximum absolute atomic E-state index is 15.0. The molecular formula is C21H28FN5O5S. The summed E-state index contributed by atoms with van der Waals surface area (Å²) in [5, 5.41) is -0.220. The lowest BCUT2D eigenvalue weighted by atomic mass is 10.2. The molecule has 1 aromatic carbocycles. The first-order chi connectivity index (χ1) is 15.9. The van der Waals surface area contributed by atoms with Crippen molar-refractivity contribution in [3.63, 3.8) is 0 Å². The summed E-state index contributed by atoms with van der Waals surface area (Å²) >= 11 is 1.03. The first-order valence-corrected chi connectivity index (χ1v) is 12.1. The van der Waals surface area contributed by atoms with E-state index in [4.69, 9.17) is 9.47 Å². The number of rotatable bonds is 3. The van der Waals surface area contributed by atoms with E-state index in [1.165, 1.54) is 15.9 Å². The van der Waals surface area contributed by atoms with Gasteiger partial charge in [0.1, 0.15) is 5.82 Å². The van der Waals surface area contributed by atoms with Gasteiger partial charge in [0.05, 0.1) is 31.1 Å². The second-order valence-electron chi connectivity index (χ2n) is 8.02. The highest BCUT2D eigenvalue weighted by Gasteiger charge is 2.37. The minimum absolute atomic E-state index is 0.000734. The zero-order valence-corrected chi connectivity index (χ0v) is 19.6. The number of halogens is 1. The summed E-state index contributed by atoms with van der Waals surface area (Å²) in [6.45, 7) is 4.47. The van der Waals surface area contributed by atoms with E-state index in [0.717, 1.165) is 11.8 Å². The molecule has 0 aromatic heterocycles. The molecule has 12 heteroatoms. The number of likely N-dealkylation sites (N-methyl/N-ethyl adjacent to an activating group) is 1. The van der Waals surface area contributed by atoms with E-state index in [-0.39, 0.29) is 17.8 Å². The van der Waals surface area contributed by atoms with E-state index >= 15 is 4.39 Å². The van der Waals surface area contributed by atoms with Crippen LogP contribution in [0.25, 0.3) is 0 Å². The lowest BCUT2D eigenvalue weighted by Crippen LogP contribution is -2.55. The van der Waals surface area contributed by atoms with E-state index in [1.54, 1.807) is 35.2 Å². The average molecular weight is 482 g/mol. The molecule has 4 rings (SSSR count). The molecular weight excluding hydrogens is 453 g/mol. The summed E-state index contributed by atoms with van der Waals surface area (Å²) in [4.78, 5) is 45.0. The number of morpholine rings is 1. The fourth-order valence-corrected chi connectivity index (χ4v) is 4.54. The normalized spacial score (nSPS) is 21.3. The molecule has 10 nitrogen and oxygen atoms in total. The van der Waals surface area contributed by atoms with Crippen molar-refractivity contribution >= 4 is 40.5 Å². The molecule has 3 aliphatic rings. The van der Waals surface area contributed by atoms with Crippen molar-refractivity contribution in [1.82, 2.24) is 14.7 Å². The Kier molecular flexibility index (Phi) is 7.13. The van der Waals surface area contributed by atoms with Crippen LogP contribution in [0.1, 0.15) is 0 Å². The molecule has 3 aliphatic heterocycles. The molecule has 0 bridgehead atoms. The number of piperazine rings is 1. The Labute approximate surface area is 196 Å². The lowest BCUT2D eigenvalue weighted by Gasteiger charge is -2.39. The van der Waals surface area contributed by atoms with Gasteiger partial charge in [-0.1, -0.05) is 11.8 Å². The zero-order chi connectivity index (χ0) is 23.5. The number of thioether (sulfide) groups is 1. The largest absolute Gasteiger partial charge is 0.423 e. The van der Waals surface area contributed by atoms with Crippen molar-refractivity contribution < 1.29 is 28.2 Å². The monoisotopic (exact) mass is 481 g/mol. The Balaban J connectivity index is 1.37. The number of carbonyl (C=O) groups excluding carboxylic acids is 3. The van der Waals surface area contributed by atoms with Crippen LogP contribution in [0, 0.1) is 5.82 Å². The number of hydrogen-bond donors (Lipinski definition) is 0. The van der Waals surface area contributed by atoms with E-state index in [0.29, 0.717) is 63.9 Å². The predicted octanol–water partition coefficient (Wildman–Crippen LogP) is 2.10. The molecule has 1 aromatic rings. The number of benzene rings is 1. The van der Waals surface area contributed by atoms with Crippen molar-refractivity contribution in [2.75, 3.05) is 82.1 Å². The zero-order valence-electron chi connectivity index (χ0n) is 18.7. The summed E-state index contributed by atoms with van der Waals surface area (Å²) in [5.41, 5.74) is 0.797. The smallest absolute Gasteiger partial charge is 0.416 e. The van der Waals surface area contributed by atoms with Gasteiger partial charge in [0.15, 0.2) is 6.23 Å². The highest BCUT2D eigenvalue weighted by Crippen LogP contribution is 2.29. The third-order valence-corrected chi connectivity index (χ3v) is 6.74. The Bertz CT molecular complexity index is 907. The van der Waals surface area contributed by atoms with Crippen molar-refractivity contribution in [2.45, 2.75) is 6.23 Å². The molecule has 3 fully saturated rings. The van der Waals surface area contributed by atoms with Gasteiger partial charge in [0, 0.05) is 46.3 Å². The molecule has 4 amide bonds. The van der Waals surface area contributed by atoms with Gasteiger partial charge in [-0.15, -0.1) is 0 Å². The first kappa shape index (κ1) is 23.4. The molecule has 0 saturated carbocycles. The molecule has 0 radical (unpaired) electrons. The van der Waals surface area contributed by atoms with E-state index in [2.05, 4.69) is 0 Å². The van der Waals surface area contributed by atoms with Gasteiger partial charge < -0.3 is 24.2 Å². The number of ether oxygens (including phenoxy) is 2. The van der Waals surface area contributed by atoms with Crippen molar-refractivity contribution in [2.24, 2.45) is 0 Å². The van der Waals surface area contributed by atoms with Crippen molar-refractivity contribution in [1.29, 1.82) is 0 Å². The van der Waals surface area contributed by atoms with Gasteiger partial charge in [0.2, 0.25) is 0 Å². The standard InChI is InChI=1S/C21H28FN5O5S/c1-23(21(30)33-2)18-14-27(20(29)32-18)15-3-4-17(16(22)13-15)24-5-7-25(8-6-24)19(28)26-9-11-31-12-10-26/h3-4,13,18H,5-12,14H2,1-2H3. The fraction of sp³-hybridized carbons (Fsp3) is 0.571. The number of hydrogen-bond acceptors (Lipinski definition) is 7. The number of carbonyl (C=O) groups is 3. The van der Waals surface area contributed by atoms with Gasteiger partial charge >= 0.3 is 12.1 Å². The molecule has 3 heterocycles. The Morgan fingerprint density at radius 3 is 2.39 bits per heavy atom. The van der Waals surface area contributed by atoms with Crippen LogP contribution in [0.2, 0.25) is 0 Å². The number of amides is 4. The van der Waals surface area contributed by atoms with Crippen LogP contribution in [0.3, 0.4) is 0 Å². The van der Waals surface area contributed by atoms with Gasteiger partial charge in [-0.2, -0.15) is 0 Å². The SMILES string of the molecule is CSC(=O)N(C)C1CN(c2ccc(N3CCN(C(=O)N4CCOCC4)CC3)c(F)c2)C(=O)O1. The second kappa shape index (κ2) is 10.0. The van der Waals surface area contributed by atoms with Crippen LogP contribution in [-0.4, -0.2) is 111 Å². The van der Waals surface area contributed by atoms with Crippen LogP contribution in [0.15, 0.2) is 18.2 Å². The van der Waals surface area contributed by atoms with Crippen LogP contribution in [0.4, 0.5) is 30.1 Å². The van der Waals surface area contributed by atoms with Crippen molar-refractivity contribution in [3.8, 4) is 0 Å². The molecule has 1 atom stereocenters. The molecule has 0 N–H and O–H groups in total. The minimum Gasteiger partial charge on any atom is -0.423 e. The molecule has 1 unspecified atom stereocenters. The van der Waals surface area contributed by atoms with E-state index in [1.807, 2.05) is 4.90 Å². The topological polar surface area (TPSA) is 85.9 Å². The maximum Gasteiger partial charge on any atom is 0.416 e. The van der Waals surface area contributed by atoms with Gasteiger partial charge in [-0.05, 0) is 24.5 Å². The molecule has 180 valence electrons. The summed E-state index contributed by atoms with van der Waals surface area (Å²) in [5.74, 6) is -0.453. The van der Waals surface area contributed by atoms with Crippen LogP contribution >= 0.6 is 11.8 Å². The second-order valence-corrected chi connectivity index (χ2v) is 8.78. The van der Waals surface area contributed by atoms with E-state index < -0.39 is 18.1 Å². The van der Waals surface area contributed by atoms with Gasteiger partial charge in [-0.25, -0.2) is 14.0 Å². The van der Waals surface area contributed by atoms with Crippen molar-refractivity contribution in [3.05, 3.63) is 24.0 Å². The summed E-state index contributed by atoms with van der Waals surface area (Å²) in [6.07, 6.45) is 0.306. The fourth-order valence-electron chi connectivity index (χ4n) is 4.14. The summed E-state index contributed by atoms with van der Waals surface area (Å²) < 4.78 is 25.6. The maximum atomic E-state index is 15.0. The quantitative estimate of drug-likeness (QED) is 0.654. The number of cyclic esters (lactones) is 1. The lowest BCUT2D eigenvalue weighted by molar-refractivity contribution is 0.0428. The Morgan fingerprint density at radius 1 is 1.09 bits per heavy atom. The molecule has 0 aliphatic carbocycles. The van der Waals surface area contributed by atoms with Crippen LogP contribution in [0.5, 0.6) is 0 Å². The average Bonchev–Trinajstić information content (AvgIpc) is 3.24. The number of anilines is 2. The van der Waals surface area contributed by atoms with Crippen LogP contribution in [-0.2, 0) is 9.47 Å². The Hall–Kier alpha value is -2.73. The summed E-state index contributed by atoms with van der Waals surface area (Å²) in [6, 6.07) is 4.62. The number of urea groups is 1. The first-order valence-electron chi connectivity index (χ1n) is 10.8. The van der Waals surface area contributed by atoms with Crippen LogP contribution < -0.4 is 9.80 Å². The van der Waals surface area contributed by atoms with Gasteiger partial charge in [0.25, 0.3) is 5.24 Å². The predicted molar refractivity (Wildman–Crippen MR) is 122 cm³/mol. The summed E-state index contributed by atoms with van der Waals surface area (Å²) in [7, 11) is 1.56. The molecule has 33 heavy (non-hydrogen) atoms. The third-order valence-electron chi connectivity index (χ3n) is 6.11. The molecule has 3 saturated heterocycles. The Morgan fingerprint density at radius 2 is 1.76 bits per heavy atom. The van der Waals surface area contributed by atoms with E-state index in [9.17, 15) is 14.4 Å². The third kappa shape index (κ3) is 4.96. The minimum atomic E-state index is -0.725. The number of nitrogens with zero attached hydrogens (tertiary/aromatic N) is 5. The highest BCUT2D eigenvalue weighted by molar-refractivity contribution is 8.12. The molecule has 0 spiro atoms.